The fourth-order valence-electron chi connectivity index (χ4n) is 2.18. The normalized spacial score (nSPS) is 10.7. The number of aromatic nitrogens is 2. The van der Waals surface area contributed by atoms with Gasteiger partial charge in [-0.1, -0.05) is 25.6 Å². The van der Waals surface area contributed by atoms with Crippen LogP contribution in [-0.2, 0) is 11.3 Å². The molecule has 6 nitrogen and oxygen atoms in total. The van der Waals surface area contributed by atoms with E-state index in [2.05, 4.69) is 9.72 Å². The predicted octanol–water partition coefficient (Wildman–Crippen LogP) is 2.45. The summed E-state index contributed by atoms with van der Waals surface area (Å²) in [7, 11) is 1.30. The Morgan fingerprint density at radius 1 is 1.48 bits per heavy atom. The van der Waals surface area contributed by atoms with Crippen molar-refractivity contribution in [2.45, 2.75) is 25.5 Å². The third-order valence-corrected chi connectivity index (χ3v) is 4.00. The summed E-state index contributed by atoms with van der Waals surface area (Å²) in [6, 6.07) is 6.72. The van der Waals surface area contributed by atoms with Crippen LogP contribution in [0.1, 0.15) is 24.2 Å². The van der Waals surface area contributed by atoms with Crippen molar-refractivity contribution < 1.29 is 9.53 Å². The summed E-state index contributed by atoms with van der Waals surface area (Å²) in [5, 5.41) is 9.71. The van der Waals surface area contributed by atoms with Crippen molar-refractivity contribution in [3.05, 3.63) is 34.1 Å². The van der Waals surface area contributed by atoms with E-state index in [-0.39, 0.29) is 17.2 Å². The number of nitrogens with zero attached hydrogens (tertiary/aromatic N) is 3. The maximum absolute atomic E-state index is 12.7. The first-order valence-electron chi connectivity index (χ1n) is 7.10. The van der Waals surface area contributed by atoms with E-state index >= 15 is 0 Å². The van der Waals surface area contributed by atoms with E-state index in [0.29, 0.717) is 28.2 Å². The Morgan fingerprint density at radius 3 is 2.83 bits per heavy atom. The number of thioether (sulfide) groups is 1. The Labute approximate surface area is 138 Å². The number of carbonyl (C=O) groups is 1. The number of fused-ring (bicyclic) bond motifs is 1. The van der Waals surface area contributed by atoms with Gasteiger partial charge >= 0.3 is 5.97 Å². The fraction of sp³-hybridized carbons (Fsp3) is 0.375. The van der Waals surface area contributed by atoms with Crippen molar-refractivity contribution in [3.63, 3.8) is 0 Å². The molecule has 0 aliphatic heterocycles. The number of rotatable bonds is 5. The van der Waals surface area contributed by atoms with Gasteiger partial charge in [-0.05, 0) is 24.1 Å². The van der Waals surface area contributed by atoms with Gasteiger partial charge in [0.2, 0.25) is 0 Å². The van der Waals surface area contributed by atoms with Crippen molar-refractivity contribution in [3.8, 4) is 6.07 Å². The van der Waals surface area contributed by atoms with Gasteiger partial charge in [-0.25, -0.2) is 9.78 Å². The molecule has 2 aromatic rings. The van der Waals surface area contributed by atoms with Crippen molar-refractivity contribution in [1.29, 1.82) is 5.26 Å². The lowest BCUT2D eigenvalue weighted by Crippen LogP contribution is -2.25. The van der Waals surface area contributed by atoms with Gasteiger partial charge < -0.3 is 4.74 Å². The van der Waals surface area contributed by atoms with Crippen LogP contribution in [0.25, 0.3) is 10.9 Å². The Bertz CT molecular complexity index is 837. The summed E-state index contributed by atoms with van der Waals surface area (Å²) in [6.45, 7) is 4.54. The average molecular weight is 331 g/mol. The molecule has 2 rings (SSSR count). The Kier molecular flexibility index (Phi) is 5.40. The van der Waals surface area contributed by atoms with Gasteiger partial charge in [0, 0.05) is 6.54 Å². The molecular weight excluding hydrogens is 314 g/mol. The molecule has 0 spiro atoms. The molecule has 0 bridgehead atoms. The van der Waals surface area contributed by atoms with Crippen LogP contribution in [0.5, 0.6) is 0 Å². The third kappa shape index (κ3) is 3.71. The molecule has 0 saturated carbocycles. The predicted molar refractivity (Wildman–Crippen MR) is 88.5 cm³/mol. The van der Waals surface area contributed by atoms with E-state index in [1.165, 1.54) is 18.9 Å². The fourth-order valence-corrected chi connectivity index (χ4v) is 2.85. The molecule has 0 aliphatic carbocycles. The monoisotopic (exact) mass is 331 g/mol. The number of carbonyl (C=O) groups excluding carboxylic acids is 1. The number of ether oxygens (including phenoxy) is 1. The van der Waals surface area contributed by atoms with Crippen molar-refractivity contribution in [2.75, 3.05) is 12.9 Å². The van der Waals surface area contributed by atoms with Crippen molar-refractivity contribution in [2.24, 2.45) is 5.92 Å². The third-order valence-electron chi connectivity index (χ3n) is 3.15. The van der Waals surface area contributed by atoms with E-state index in [1.807, 2.05) is 19.9 Å². The highest BCUT2D eigenvalue weighted by molar-refractivity contribution is 7.99. The first-order valence-corrected chi connectivity index (χ1v) is 8.09. The van der Waals surface area contributed by atoms with Gasteiger partial charge in [-0.3, -0.25) is 9.36 Å². The van der Waals surface area contributed by atoms with E-state index in [9.17, 15) is 9.59 Å². The number of hydrogen-bond acceptors (Lipinski definition) is 6. The molecule has 0 amide bonds. The van der Waals surface area contributed by atoms with E-state index < -0.39 is 5.97 Å². The topological polar surface area (TPSA) is 85.0 Å². The van der Waals surface area contributed by atoms with Crippen molar-refractivity contribution in [1.82, 2.24) is 9.55 Å². The van der Waals surface area contributed by atoms with Crippen LogP contribution in [0, 0.1) is 17.2 Å². The molecule has 0 radical (unpaired) electrons. The van der Waals surface area contributed by atoms with Gasteiger partial charge in [-0.15, -0.1) is 0 Å². The van der Waals surface area contributed by atoms with E-state index in [1.54, 1.807) is 22.8 Å². The number of esters is 1. The molecule has 0 aliphatic rings. The molecule has 1 aromatic carbocycles. The lowest BCUT2D eigenvalue weighted by Gasteiger charge is -2.14. The van der Waals surface area contributed by atoms with Crippen LogP contribution in [0.3, 0.4) is 0 Å². The molecule has 0 N–H and O–H groups in total. The van der Waals surface area contributed by atoms with Crippen LogP contribution >= 0.6 is 11.8 Å². The molecule has 0 saturated heterocycles. The highest BCUT2D eigenvalue weighted by atomic mass is 32.2. The van der Waals surface area contributed by atoms with E-state index in [0.717, 1.165) is 0 Å². The molecule has 0 fully saturated rings. The van der Waals surface area contributed by atoms with Crippen LogP contribution in [0.4, 0.5) is 0 Å². The maximum Gasteiger partial charge on any atom is 0.337 e. The number of methoxy groups -OCH3 is 1. The molecule has 1 heterocycles. The zero-order valence-corrected chi connectivity index (χ0v) is 14.0. The molecule has 23 heavy (non-hydrogen) atoms. The minimum Gasteiger partial charge on any atom is -0.465 e. The number of nitriles is 1. The zero-order valence-electron chi connectivity index (χ0n) is 13.2. The van der Waals surface area contributed by atoms with Crippen molar-refractivity contribution >= 4 is 28.6 Å². The highest BCUT2D eigenvalue weighted by Crippen LogP contribution is 2.19. The molecule has 1 aromatic heterocycles. The van der Waals surface area contributed by atoms with Gasteiger partial charge in [-0.2, -0.15) is 5.26 Å². The second kappa shape index (κ2) is 7.29. The summed E-state index contributed by atoms with van der Waals surface area (Å²) in [5.41, 5.74) is 0.601. The smallest absolute Gasteiger partial charge is 0.337 e. The second-order valence-electron chi connectivity index (χ2n) is 5.37. The maximum atomic E-state index is 12.7. The molecule has 0 unspecified atom stereocenters. The van der Waals surface area contributed by atoms with Crippen LogP contribution in [-0.4, -0.2) is 28.4 Å². The van der Waals surface area contributed by atoms with E-state index in [4.69, 9.17) is 5.26 Å². The summed E-state index contributed by atoms with van der Waals surface area (Å²) < 4.78 is 6.28. The Hall–Kier alpha value is -2.33. The SMILES string of the molecule is COC(=O)c1ccc2c(=O)n(CC(C)C)c(SCC#N)nc2c1. The first-order chi connectivity index (χ1) is 11.0. The summed E-state index contributed by atoms with van der Waals surface area (Å²) in [4.78, 5) is 28.8. The van der Waals surface area contributed by atoms with Gasteiger partial charge in [0.1, 0.15) is 0 Å². The molecular formula is C16H17N3O3S. The zero-order chi connectivity index (χ0) is 17.0. The average Bonchev–Trinajstić information content (AvgIpc) is 2.54. The summed E-state index contributed by atoms with van der Waals surface area (Å²) in [5.74, 6) is -0.0127. The first kappa shape index (κ1) is 17.0. The quantitative estimate of drug-likeness (QED) is 0.475. The Balaban J connectivity index is 2.65. The Morgan fingerprint density at radius 2 is 2.22 bits per heavy atom. The standard InChI is InChI=1S/C16H17N3O3S/c1-10(2)9-19-14(20)12-5-4-11(15(21)22-3)8-13(12)18-16(19)23-7-6-17/h4-5,8,10H,7,9H2,1-3H3. The lowest BCUT2D eigenvalue weighted by atomic mass is 10.1. The highest BCUT2D eigenvalue weighted by Gasteiger charge is 2.15. The summed E-state index contributed by atoms with van der Waals surface area (Å²) >= 11 is 1.21. The van der Waals surface area contributed by atoms with Gasteiger partial charge in [0.15, 0.2) is 5.16 Å². The van der Waals surface area contributed by atoms with Gasteiger partial charge in [0.05, 0.1) is 35.4 Å². The second-order valence-corrected chi connectivity index (χ2v) is 6.32. The minimum atomic E-state index is -0.480. The number of hydrogen-bond donors (Lipinski definition) is 0. The minimum absolute atomic E-state index is 0.166. The van der Waals surface area contributed by atoms with Crippen LogP contribution < -0.4 is 5.56 Å². The number of benzene rings is 1. The largest absolute Gasteiger partial charge is 0.465 e. The van der Waals surface area contributed by atoms with Crippen LogP contribution in [0.2, 0.25) is 0 Å². The molecule has 120 valence electrons. The molecule has 0 atom stereocenters. The summed E-state index contributed by atoms with van der Waals surface area (Å²) in [6.07, 6.45) is 0. The lowest BCUT2D eigenvalue weighted by molar-refractivity contribution is 0.0601. The molecule has 7 heteroatoms. The van der Waals surface area contributed by atoms with Crippen LogP contribution in [0.15, 0.2) is 28.2 Å². The van der Waals surface area contributed by atoms with Gasteiger partial charge in [0.25, 0.3) is 5.56 Å².